The number of nitrogens with one attached hydrogen (secondary N) is 1. The second-order valence-corrected chi connectivity index (χ2v) is 5.76. The van der Waals surface area contributed by atoms with Gasteiger partial charge in [-0.3, -0.25) is 5.32 Å². The summed E-state index contributed by atoms with van der Waals surface area (Å²) in [6.07, 6.45) is 0. The molecule has 1 aromatic carbocycles. The molecule has 0 fully saturated rings. The Morgan fingerprint density at radius 2 is 1.88 bits per heavy atom. The number of hydrogen-bond donors (Lipinski definition) is 2. The van der Waals surface area contributed by atoms with Crippen molar-refractivity contribution >= 4 is 11.8 Å². The Morgan fingerprint density at radius 1 is 1.25 bits per heavy atom. The first-order valence-corrected chi connectivity index (χ1v) is 6.63. The van der Waals surface area contributed by atoms with Gasteiger partial charge < -0.3 is 5.11 Å². The van der Waals surface area contributed by atoms with Crippen LogP contribution >= 0.6 is 11.8 Å². The summed E-state index contributed by atoms with van der Waals surface area (Å²) in [4.78, 5) is 1.32. The van der Waals surface area contributed by atoms with Crippen molar-refractivity contribution < 1.29 is 5.11 Å². The van der Waals surface area contributed by atoms with Gasteiger partial charge in [0.15, 0.2) is 0 Å². The van der Waals surface area contributed by atoms with Crippen LogP contribution in [0, 0.1) is 0 Å². The highest BCUT2D eigenvalue weighted by molar-refractivity contribution is 7.99. The van der Waals surface area contributed by atoms with E-state index in [-0.39, 0.29) is 12.1 Å². The van der Waals surface area contributed by atoms with Gasteiger partial charge in [-0.25, -0.2) is 0 Å². The SMILES string of the molecule is CCSc1ccc(C(C)(C)CNCO)cc1. The summed E-state index contributed by atoms with van der Waals surface area (Å²) >= 11 is 1.86. The van der Waals surface area contributed by atoms with Crippen molar-refractivity contribution in [1.29, 1.82) is 0 Å². The Kier molecular flexibility index (Phi) is 5.32. The van der Waals surface area contributed by atoms with Crippen LogP contribution in [0.25, 0.3) is 0 Å². The molecule has 0 unspecified atom stereocenters. The second-order valence-electron chi connectivity index (χ2n) is 4.43. The fraction of sp³-hybridized carbons (Fsp3) is 0.538. The topological polar surface area (TPSA) is 32.3 Å². The van der Waals surface area contributed by atoms with E-state index in [2.05, 4.69) is 50.4 Å². The van der Waals surface area contributed by atoms with E-state index in [9.17, 15) is 0 Å². The highest BCUT2D eigenvalue weighted by atomic mass is 32.2. The van der Waals surface area contributed by atoms with E-state index in [1.807, 2.05) is 11.8 Å². The fourth-order valence-electron chi connectivity index (χ4n) is 1.64. The maximum atomic E-state index is 8.78. The lowest BCUT2D eigenvalue weighted by Gasteiger charge is -2.25. The molecule has 0 amide bonds. The second kappa shape index (κ2) is 6.28. The third kappa shape index (κ3) is 3.81. The van der Waals surface area contributed by atoms with E-state index in [0.29, 0.717) is 0 Å². The van der Waals surface area contributed by atoms with Crippen molar-refractivity contribution in [2.24, 2.45) is 0 Å². The third-order valence-electron chi connectivity index (χ3n) is 2.63. The molecule has 2 nitrogen and oxygen atoms in total. The summed E-state index contributed by atoms with van der Waals surface area (Å²) in [6, 6.07) is 8.70. The number of benzene rings is 1. The summed E-state index contributed by atoms with van der Waals surface area (Å²) in [5.41, 5.74) is 1.35. The molecule has 0 aliphatic carbocycles. The van der Waals surface area contributed by atoms with E-state index < -0.39 is 0 Å². The minimum absolute atomic E-state index is 0.0349. The Morgan fingerprint density at radius 3 is 2.38 bits per heavy atom. The van der Waals surface area contributed by atoms with Crippen LogP contribution in [0.4, 0.5) is 0 Å². The van der Waals surface area contributed by atoms with Crippen LogP contribution < -0.4 is 5.32 Å². The van der Waals surface area contributed by atoms with Gasteiger partial charge in [0.2, 0.25) is 0 Å². The molecule has 0 aliphatic rings. The van der Waals surface area contributed by atoms with Crippen LogP contribution in [0.15, 0.2) is 29.2 Å². The van der Waals surface area contributed by atoms with Crippen LogP contribution in [0.1, 0.15) is 26.3 Å². The molecule has 0 spiro atoms. The van der Waals surface area contributed by atoms with Crippen molar-refractivity contribution in [2.45, 2.75) is 31.1 Å². The minimum atomic E-state index is 0.0349. The third-order valence-corrected chi connectivity index (χ3v) is 3.52. The molecule has 0 aromatic heterocycles. The lowest BCUT2D eigenvalue weighted by Crippen LogP contribution is -2.33. The molecule has 0 saturated heterocycles. The van der Waals surface area contributed by atoms with Crippen molar-refractivity contribution in [2.75, 3.05) is 19.0 Å². The van der Waals surface area contributed by atoms with Crippen LogP contribution in [-0.4, -0.2) is 24.1 Å². The van der Waals surface area contributed by atoms with E-state index in [0.717, 1.165) is 12.3 Å². The standard InChI is InChI=1S/C13H21NOS/c1-4-16-12-7-5-11(6-8-12)13(2,3)9-14-10-15/h5-8,14-15H,4,9-10H2,1-3H3. The van der Waals surface area contributed by atoms with E-state index in [4.69, 9.17) is 5.11 Å². The number of rotatable bonds is 6. The Hall–Kier alpha value is -0.510. The van der Waals surface area contributed by atoms with E-state index in [1.54, 1.807) is 0 Å². The molecule has 0 atom stereocenters. The van der Waals surface area contributed by atoms with Gasteiger partial charge in [-0.15, -0.1) is 11.8 Å². The van der Waals surface area contributed by atoms with Gasteiger partial charge in [-0.05, 0) is 23.4 Å². The summed E-state index contributed by atoms with van der Waals surface area (Å²) in [5.74, 6) is 1.11. The van der Waals surface area contributed by atoms with Crippen LogP contribution in [0.3, 0.4) is 0 Å². The summed E-state index contributed by atoms with van der Waals surface area (Å²) in [6.45, 7) is 7.33. The van der Waals surface area contributed by atoms with Gasteiger partial charge in [0.1, 0.15) is 0 Å². The molecule has 0 aliphatic heterocycles. The number of aliphatic hydroxyl groups excluding tert-OH is 1. The molecule has 1 rings (SSSR count). The van der Waals surface area contributed by atoms with E-state index in [1.165, 1.54) is 10.5 Å². The Labute approximate surface area is 102 Å². The summed E-state index contributed by atoms with van der Waals surface area (Å²) in [5, 5.41) is 11.8. The Bertz CT molecular complexity index is 308. The quantitative estimate of drug-likeness (QED) is 0.591. The van der Waals surface area contributed by atoms with Gasteiger partial charge in [0, 0.05) is 16.9 Å². The minimum Gasteiger partial charge on any atom is -0.381 e. The maximum absolute atomic E-state index is 8.78. The van der Waals surface area contributed by atoms with Crippen LogP contribution in [-0.2, 0) is 5.41 Å². The lowest BCUT2D eigenvalue weighted by atomic mass is 9.85. The lowest BCUT2D eigenvalue weighted by molar-refractivity contribution is 0.247. The smallest absolute Gasteiger partial charge is 0.0931 e. The fourth-order valence-corrected chi connectivity index (χ4v) is 2.30. The van der Waals surface area contributed by atoms with Crippen molar-refractivity contribution in [3.8, 4) is 0 Å². The first-order chi connectivity index (χ1) is 7.60. The number of aliphatic hydroxyl groups is 1. The molecular formula is C13H21NOS. The van der Waals surface area contributed by atoms with Gasteiger partial charge >= 0.3 is 0 Å². The molecule has 0 radical (unpaired) electrons. The van der Waals surface area contributed by atoms with Crippen molar-refractivity contribution in [3.05, 3.63) is 29.8 Å². The van der Waals surface area contributed by atoms with Crippen LogP contribution in [0.5, 0.6) is 0 Å². The van der Waals surface area contributed by atoms with Gasteiger partial charge in [0.25, 0.3) is 0 Å². The molecular weight excluding hydrogens is 218 g/mol. The predicted molar refractivity (Wildman–Crippen MR) is 71.0 cm³/mol. The molecule has 0 saturated carbocycles. The molecule has 0 bridgehead atoms. The summed E-state index contributed by atoms with van der Waals surface area (Å²) < 4.78 is 0. The first-order valence-electron chi connectivity index (χ1n) is 5.65. The Balaban J connectivity index is 2.71. The zero-order valence-corrected chi connectivity index (χ0v) is 11.1. The predicted octanol–water partition coefficient (Wildman–Crippen LogP) is 2.62. The number of thioether (sulfide) groups is 1. The molecule has 16 heavy (non-hydrogen) atoms. The largest absolute Gasteiger partial charge is 0.381 e. The molecule has 1 aromatic rings. The highest BCUT2D eigenvalue weighted by Gasteiger charge is 2.19. The molecule has 90 valence electrons. The zero-order chi connectivity index (χ0) is 12.0. The van der Waals surface area contributed by atoms with E-state index >= 15 is 0 Å². The number of hydrogen-bond acceptors (Lipinski definition) is 3. The average Bonchev–Trinajstić information content (AvgIpc) is 2.28. The van der Waals surface area contributed by atoms with Gasteiger partial charge in [-0.2, -0.15) is 0 Å². The monoisotopic (exact) mass is 239 g/mol. The first kappa shape index (κ1) is 13.6. The van der Waals surface area contributed by atoms with Crippen molar-refractivity contribution in [3.63, 3.8) is 0 Å². The van der Waals surface area contributed by atoms with Crippen molar-refractivity contribution in [1.82, 2.24) is 5.32 Å². The summed E-state index contributed by atoms with van der Waals surface area (Å²) in [7, 11) is 0. The molecule has 3 heteroatoms. The average molecular weight is 239 g/mol. The van der Waals surface area contributed by atoms with Gasteiger partial charge in [0.05, 0.1) is 6.73 Å². The molecule has 2 N–H and O–H groups in total. The normalized spacial score (nSPS) is 11.8. The van der Waals surface area contributed by atoms with Gasteiger partial charge in [-0.1, -0.05) is 32.9 Å². The van der Waals surface area contributed by atoms with Crippen LogP contribution in [0.2, 0.25) is 0 Å². The zero-order valence-electron chi connectivity index (χ0n) is 10.3. The highest BCUT2D eigenvalue weighted by Crippen LogP contribution is 2.25. The molecule has 0 heterocycles. The maximum Gasteiger partial charge on any atom is 0.0931 e.